The second kappa shape index (κ2) is 7.22. The number of carbonyl (C=O) groups is 2. The van der Waals surface area contributed by atoms with E-state index < -0.39 is 0 Å². The first-order valence-corrected chi connectivity index (χ1v) is 7.87. The number of benzene rings is 1. The van der Waals surface area contributed by atoms with Crippen LogP contribution in [0.3, 0.4) is 0 Å². The van der Waals surface area contributed by atoms with Crippen LogP contribution in [-0.4, -0.2) is 53.3 Å². The van der Waals surface area contributed by atoms with Crippen LogP contribution in [0.5, 0.6) is 0 Å². The molecule has 2 rings (SSSR count). The second-order valence-electron chi connectivity index (χ2n) is 5.56. The molecule has 0 saturated heterocycles. The summed E-state index contributed by atoms with van der Waals surface area (Å²) in [5, 5.41) is 0.810. The molecule has 0 aliphatic rings. The molecule has 0 N–H and O–H groups in total. The van der Waals surface area contributed by atoms with E-state index in [0.717, 1.165) is 16.6 Å². The number of aromatic nitrogens is 1. The molecule has 23 heavy (non-hydrogen) atoms. The maximum atomic E-state index is 12.8. The largest absolute Gasteiger partial charge is 0.342 e. The first-order valence-electron chi connectivity index (χ1n) is 7.87. The topological polar surface area (TPSA) is 53.5 Å². The smallest absolute Gasteiger partial charge is 0.254 e. The Kier molecular flexibility index (Phi) is 5.32. The minimum atomic E-state index is -0.160. The number of amides is 2. The molecule has 0 aliphatic heterocycles. The number of nitrogens with zero attached hydrogens (tertiary/aromatic N) is 3. The van der Waals surface area contributed by atoms with Crippen molar-refractivity contribution in [2.45, 2.75) is 20.8 Å². The molecule has 5 nitrogen and oxygen atoms in total. The molecule has 0 radical (unpaired) electrons. The van der Waals surface area contributed by atoms with Crippen molar-refractivity contribution in [1.82, 2.24) is 14.8 Å². The van der Waals surface area contributed by atoms with Gasteiger partial charge in [0.05, 0.1) is 17.6 Å². The van der Waals surface area contributed by atoms with E-state index in [2.05, 4.69) is 4.98 Å². The van der Waals surface area contributed by atoms with Crippen molar-refractivity contribution < 1.29 is 9.59 Å². The predicted molar refractivity (Wildman–Crippen MR) is 91.4 cm³/mol. The highest BCUT2D eigenvalue weighted by molar-refractivity contribution is 6.06. The number of carbonyl (C=O) groups excluding carboxylic acids is 2. The zero-order chi connectivity index (χ0) is 17.0. The van der Waals surface area contributed by atoms with Crippen LogP contribution < -0.4 is 0 Å². The molecule has 0 fully saturated rings. The van der Waals surface area contributed by atoms with E-state index in [9.17, 15) is 9.59 Å². The fraction of sp³-hybridized carbons (Fsp3) is 0.389. The molecule has 0 aliphatic carbocycles. The molecule has 5 heteroatoms. The number of aryl methyl sites for hydroxylation is 1. The second-order valence-corrected chi connectivity index (χ2v) is 5.56. The zero-order valence-corrected chi connectivity index (χ0v) is 14.2. The van der Waals surface area contributed by atoms with E-state index in [1.165, 1.54) is 4.90 Å². The van der Waals surface area contributed by atoms with Crippen LogP contribution in [0.25, 0.3) is 10.9 Å². The lowest BCUT2D eigenvalue weighted by Gasteiger charge is -2.23. The number of para-hydroxylation sites is 1. The molecule has 1 aromatic carbocycles. The van der Waals surface area contributed by atoms with Gasteiger partial charge >= 0.3 is 0 Å². The summed E-state index contributed by atoms with van der Waals surface area (Å²) in [5.41, 5.74) is 2.16. The fourth-order valence-electron chi connectivity index (χ4n) is 2.64. The molecular formula is C18H23N3O2. The molecule has 0 spiro atoms. The number of pyridine rings is 1. The molecule has 122 valence electrons. The van der Waals surface area contributed by atoms with Crippen molar-refractivity contribution in [3.05, 3.63) is 41.6 Å². The van der Waals surface area contributed by atoms with Crippen LogP contribution in [0.2, 0.25) is 0 Å². The number of hydrogen-bond acceptors (Lipinski definition) is 3. The van der Waals surface area contributed by atoms with Gasteiger partial charge in [-0.15, -0.1) is 0 Å². The van der Waals surface area contributed by atoms with Crippen molar-refractivity contribution in [3.8, 4) is 0 Å². The quantitative estimate of drug-likeness (QED) is 0.852. The van der Waals surface area contributed by atoms with Gasteiger partial charge < -0.3 is 9.80 Å². The minimum Gasteiger partial charge on any atom is -0.342 e. The van der Waals surface area contributed by atoms with Crippen LogP contribution in [0, 0.1) is 6.92 Å². The highest BCUT2D eigenvalue weighted by atomic mass is 16.2. The van der Waals surface area contributed by atoms with Crippen LogP contribution in [0.15, 0.2) is 30.3 Å². The van der Waals surface area contributed by atoms with Gasteiger partial charge in [0.15, 0.2) is 0 Å². The average Bonchev–Trinajstić information content (AvgIpc) is 2.54. The summed E-state index contributed by atoms with van der Waals surface area (Å²) in [6.45, 7) is 7.11. The highest BCUT2D eigenvalue weighted by Gasteiger charge is 2.20. The van der Waals surface area contributed by atoms with Crippen molar-refractivity contribution >= 4 is 22.7 Å². The Labute approximate surface area is 136 Å². The molecule has 1 aromatic heterocycles. The standard InChI is InChI=1S/C18H23N3O2/c1-5-21(6-2)17(22)12-20(4)18(23)15-11-13(3)19-16-10-8-7-9-14(15)16/h7-11H,5-6,12H2,1-4H3. The number of hydrogen-bond donors (Lipinski definition) is 0. The Hall–Kier alpha value is -2.43. The van der Waals surface area contributed by atoms with Gasteiger partial charge in [0, 0.05) is 31.2 Å². The predicted octanol–water partition coefficient (Wildman–Crippen LogP) is 2.48. The fourth-order valence-corrected chi connectivity index (χ4v) is 2.64. The molecule has 2 aromatic rings. The maximum absolute atomic E-state index is 12.8. The third-order valence-corrected chi connectivity index (χ3v) is 3.91. The summed E-state index contributed by atoms with van der Waals surface area (Å²) < 4.78 is 0. The average molecular weight is 313 g/mol. The summed E-state index contributed by atoms with van der Waals surface area (Å²) in [4.78, 5) is 32.6. The lowest BCUT2D eigenvalue weighted by Crippen LogP contribution is -2.41. The third kappa shape index (κ3) is 3.67. The van der Waals surface area contributed by atoms with Crippen molar-refractivity contribution in [1.29, 1.82) is 0 Å². The molecule has 0 atom stereocenters. The van der Waals surface area contributed by atoms with Gasteiger partial charge in [-0.1, -0.05) is 18.2 Å². The van der Waals surface area contributed by atoms with E-state index in [1.807, 2.05) is 45.0 Å². The van der Waals surface area contributed by atoms with Crippen LogP contribution >= 0.6 is 0 Å². The Balaban J connectivity index is 2.28. The molecule has 1 heterocycles. The molecule has 0 unspecified atom stereocenters. The molecule has 2 amide bonds. The number of rotatable bonds is 5. The Morgan fingerprint density at radius 2 is 1.78 bits per heavy atom. The van der Waals surface area contributed by atoms with Gasteiger partial charge in [-0.3, -0.25) is 14.6 Å². The summed E-state index contributed by atoms with van der Waals surface area (Å²) in [6.07, 6.45) is 0. The third-order valence-electron chi connectivity index (χ3n) is 3.91. The SMILES string of the molecule is CCN(CC)C(=O)CN(C)C(=O)c1cc(C)nc2ccccc12. The first kappa shape index (κ1) is 16.9. The molecule has 0 saturated carbocycles. The van der Waals surface area contributed by atoms with Gasteiger partial charge in [0.2, 0.25) is 5.91 Å². The van der Waals surface area contributed by atoms with Crippen molar-refractivity contribution in [2.24, 2.45) is 0 Å². The summed E-state index contributed by atoms with van der Waals surface area (Å²) in [5.74, 6) is -0.201. The Bertz CT molecular complexity index is 723. The molecular weight excluding hydrogens is 290 g/mol. The zero-order valence-electron chi connectivity index (χ0n) is 14.2. The van der Waals surface area contributed by atoms with E-state index in [1.54, 1.807) is 18.0 Å². The van der Waals surface area contributed by atoms with Crippen molar-refractivity contribution in [2.75, 3.05) is 26.7 Å². The Morgan fingerprint density at radius 1 is 1.13 bits per heavy atom. The van der Waals surface area contributed by atoms with Crippen LogP contribution in [0.4, 0.5) is 0 Å². The maximum Gasteiger partial charge on any atom is 0.254 e. The van der Waals surface area contributed by atoms with Crippen LogP contribution in [0.1, 0.15) is 29.9 Å². The summed E-state index contributed by atoms with van der Waals surface area (Å²) in [6, 6.07) is 9.34. The molecule has 0 bridgehead atoms. The van der Waals surface area contributed by atoms with E-state index in [4.69, 9.17) is 0 Å². The minimum absolute atomic E-state index is 0.0408. The van der Waals surface area contributed by atoms with E-state index >= 15 is 0 Å². The highest BCUT2D eigenvalue weighted by Crippen LogP contribution is 2.19. The Morgan fingerprint density at radius 3 is 2.43 bits per heavy atom. The summed E-state index contributed by atoms with van der Waals surface area (Å²) >= 11 is 0. The summed E-state index contributed by atoms with van der Waals surface area (Å²) in [7, 11) is 1.66. The van der Waals surface area contributed by atoms with E-state index in [-0.39, 0.29) is 18.4 Å². The van der Waals surface area contributed by atoms with Crippen LogP contribution in [-0.2, 0) is 4.79 Å². The van der Waals surface area contributed by atoms with Gasteiger partial charge in [-0.25, -0.2) is 0 Å². The normalized spacial score (nSPS) is 10.6. The first-order chi connectivity index (χ1) is 11.0. The van der Waals surface area contributed by atoms with Crippen molar-refractivity contribution in [3.63, 3.8) is 0 Å². The van der Waals surface area contributed by atoms with Gasteiger partial charge in [-0.2, -0.15) is 0 Å². The lowest BCUT2D eigenvalue weighted by atomic mass is 10.1. The lowest BCUT2D eigenvalue weighted by molar-refractivity contribution is -0.131. The number of likely N-dealkylation sites (N-methyl/N-ethyl adjacent to an activating group) is 2. The van der Waals surface area contributed by atoms with Gasteiger partial charge in [-0.05, 0) is 32.9 Å². The van der Waals surface area contributed by atoms with Gasteiger partial charge in [0.25, 0.3) is 5.91 Å². The van der Waals surface area contributed by atoms with Gasteiger partial charge in [0.1, 0.15) is 0 Å². The monoisotopic (exact) mass is 313 g/mol. The number of fused-ring (bicyclic) bond motifs is 1. The van der Waals surface area contributed by atoms with E-state index in [0.29, 0.717) is 18.7 Å².